The molecule has 2 aromatic rings. The van der Waals surface area contributed by atoms with Crippen LogP contribution >= 0.6 is 0 Å². The van der Waals surface area contributed by atoms with Crippen molar-refractivity contribution < 1.29 is 4.74 Å². The van der Waals surface area contributed by atoms with Crippen molar-refractivity contribution in [3.05, 3.63) is 53.6 Å². The van der Waals surface area contributed by atoms with Crippen molar-refractivity contribution in [2.24, 2.45) is 0 Å². The zero-order valence-electron chi connectivity index (χ0n) is 12.9. The van der Waals surface area contributed by atoms with E-state index in [1.807, 2.05) is 0 Å². The minimum absolute atomic E-state index is 0.394. The van der Waals surface area contributed by atoms with Crippen molar-refractivity contribution in [1.29, 1.82) is 0 Å². The first-order valence-electron chi connectivity index (χ1n) is 7.88. The van der Waals surface area contributed by atoms with E-state index in [0.29, 0.717) is 6.04 Å². The summed E-state index contributed by atoms with van der Waals surface area (Å²) in [7, 11) is 0. The van der Waals surface area contributed by atoms with Crippen molar-refractivity contribution >= 4 is 0 Å². The van der Waals surface area contributed by atoms with E-state index in [4.69, 9.17) is 4.74 Å². The van der Waals surface area contributed by atoms with Crippen molar-refractivity contribution in [3.63, 3.8) is 0 Å². The van der Waals surface area contributed by atoms with Gasteiger partial charge in [-0.2, -0.15) is 0 Å². The summed E-state index contributed by atoms with van der Waals surface area (Å²) < 4.78 is 5.91. The number of hydrogen-bond donors (Lipinski definition) is 1. The Morgan fingerprint density at radius 3 is 2.71 bits per heavy atom. The number of fused-ring (bicyclic) bond motifs is 1. The summed E-state index contributed by atoms with van der Waals surface area (Å²) >= 11 is 0. The Kier molecular flexibility index (Phi) is 4.26. The van der Waals surface area contributed by atoms with Crippen LogP contribution in [-0.2, 0) is 6.42 Å². The Morgan fingerprint density at radius 2 is 1.95 bits per heavy atom. The van der Waals surface area contributed by atoms with Gasteiger partial charge in [0.2, 0.25) is 0 Å². The molecule has 0 aliphatic carbocycles. The van der Waals surface area contributed by atoms with Gasteiger partial charge in [-0.25, -0.2) is 0 Å². The standard InChI is InChI=1S/C19H23NO/c1-3-20-14(2)15-9-11-16(12-10-15)18-8-4-6-17-7-5-13-21-19(17)18/h4,6,8-12,14,20H,3,5,7,13H2,1-2H3. The lowest BCUT2D eigenvalue weighted by Crippen LogP contribution is -2.17. The highest BCUT2D eigenvalue weighted by Crippen LogP contribution is 2.36. The molecule has 3 rings (SSSR count). The fourth-order valence-electron chi connectivity index (χ4n) is 2.99. The van der Waals surface area contributed by atoms with Crippen molar-refractivity contribution in [3.8, 4) is 16.9 Å². The van der Waals surface area contributed by atoms with Crippen LogP contribution in [0.5, 0.6) is 5.75 Å². The van der Waals surface area contributed by atoms with Crippen LogP contribution in [0.15, 0.2) is 42.5 Å². The molecule has 1 aliphatic heterocycles. The Morgan fingerprint density at radius 1 is 1.14 bits per heavy atom. The second-order valence-corrected chi connectivity index (χ2v) is 5.65. The van der Waals surface area contributed by atoms with Crippen LogP contribution in [0.1, 0.15) is 37.4 Å². The normalized spacial score (nSPS) is 15.1. The third-order valence-electron chi connectivity index (χ3n) is 4.17. The molecule has 2 aromatic carbocycles. The summed E-state index contributed by atoms with van der Waals surface area (Å²) in [5.41, 5.74) is 5.12. The summed E-state index contributed by atoms with van der Waals surface area (Å²) in [6, 6.07) is 15.7. The van der Waals surface area contributed by atoms with E-state index in [2.05, 4.69) is 61.6 Å². The molecule has 0 saturated carbocycles. The molecule has 2 nitrogen and oxygen atoms in total. The maximum Gasteiger partial charge on any atom is 0.130 e. The van der Waals surface area contributed by atoms with Gasteiger partial charge in [-0.05, 0) is 43.0 Å². The fourth-order valence-corrected chi connectivity index (χ4v) is 2.99. The first-order chi connectivity index (χ1) is 10.3. The van der Waals surface area contributed by atoms with Crippen LogP contribution in [-0.4, -0.2) is 13.2 Å². The van der Waals surface area contributed by atoms with Crippen LogP contribution in [0, 0.1) is 0 Å². The maximum absolute atomic E-state index is 5.91. The molecule has 0 fully saturated rings. The van der Waals surface area contributed by atoms with Gasteiger partial charge in [0.15, 0.2) is 0 Å². The van der Waals surface area contributed by atoms with E-state index in [1.165, 1.54) is 22.3 Å². The molecule has 21 heavy (non-hydrogen) atoms. The zero-order chi connectivity index (χ0) is 14.7. The van der Waals surface area contributed by atoms with Crippen LogP contribution in [0.2, 0.25) is 0 Å². The largest absolute Gasteiger partial charge is 0.493 e. The van der Waals surface area contributed by atoms with Gasteiger partial charge in [0, 0.05) is 11.6 Å². The smallest absolute Gasteiger partial charge is 0.130 e. The summed E-state index contributed by atoms with van der Waals surface area (Å²) in [5.74, 6) is 1.08. The van der Waals surface area contributed by atoms with Gasteiger partial charge < -0.3 is 10.1 Å². The summed E-state index contributed by atoms with van der Waals surface area (Å²) in [6.07, 6.45) is 2.24. The Labute approximate surface area is 127 Å². The zero-order valence-corrected chi connectivity index (χ0v) is 12.9. The van der Waals surface area contributed by atoms with Gasteiger partial charge in [-0.1, -0.05) is 49.4 Å². The molecule has 1 heterocycles. The lowest BCUT2D eigenvalue weighted by molar-refractivity contribution is 0.289. The minimum atomic E-state index is 0.394. The minimum Gasteiger partial charge on any atom is -0.493 e. The molecule has 0 spiro atoms. The number of benzene rings is 2. The second kappa shape index (κ2) is 6.31. The molecule has 1 N–H and O–H groups in total. The van der Waals surface area contributed by atoms with Crippen LogP contribution in [0.4, 0.5) is 0 Å². The maximum atomic E-state index is 5.91. The molecule has 1 aliphatic rings. The molecule has 0 saturated heterocycles. The van der Waals surface area contributed by atoms with E-state index in [-0.39, 0.29) is 0 Å². The molecule has 1 unspecified atom stereocenters. The number of ether oxygens (including phenoxy) is 1. The summed E-state index contributed by atoms with van der Waals surface area (Å²) in [6.45, 7) is 6.16. The molecule has 0 amide bonds. The highest BCUT2D eigenvalue weighted by molar-refractivity contribution is 5.72. The van der Waals surface area contributed by atoms with Gasteiger partial charge in [-0.3, -0.25) is 0 Å². The number of para-hydroxylation sites is 1. The van der Waals surface area contributed by atoms with Crippen molar-refractivity contribution in [2.45, 2.75) is 32.7 Å². The van der Waals surface area contributed by atoms with Gasteiger partial charge >= 0.3 is 0 Å². The summed E-state index contributed by atoms with van der Waals surface area (Å²) in [4.78, 5) is 0. The molecule has 0 aromatic heterocycles. The first kappa shape index (κ1) is 14.2. The van der Waals surface area contributed by atoms with Gasteiger partial charge in [0.05, 0.1) is 6.61 Å². The van der Waals surface area contributed by atoms with Gasteiger partial charge in [0.1, 0.15) is 5.75 Å². The Bertz CT molecular complexity index is 603. The molecular formula is C19H23NO. The topological polar surface area (TPSA) is 21.3 Å². The van der Waals surface area contributed by atoms with Crippen molar-refractivity contribution in [1.82, 2.24) is 5.32 Å². The highest BCUT2D eigenvalue weighted by atomic mass is 16.5. The van der Waals surface area contributed by atoms with Crippen LogP contribution in [0.25, 0.3) is 11.1 Å². The van der Waals surface area contributed by atoms with Gasteiger partial charge in [0.25, 0.3) is 0 Å². The number of rotatable bonds is 4. The van der Waals surface area contributed by atoms with E-state index >= 15 is 0 Å². The molecular weight excluding hydrogens is 258 g/mol. The van der Waals surface area contributed by atoms with E-state index in [9.17, 15) is 0 Å². The van der Waals surface area contributed by atoms with Gasteiger partial charge in [-0.15, -0.1) is 0 Å². The van der Waals surface area contributed by atoms with Crippen LogP contribution < -0.4 is 10.1 Å². The van der Waals surface area contributed by atoms with E-state index in [1.54, 1.807) is 0 Å². The monoisotopic (exact) mass is 281 g/mol. The lowest BCUT2D eigenvalue weighted by atomic mass is 9.96. The van der Waals surface area contributed by atoms with Crippen molar-refractivity contribution in [2.75, 3.05) is 13.2 Å². The molecule has 0 bridgehead atoms. The average molecular weight is 281 g/mol. The van der Waals surface area contributed by atoms with E-state index in [0.717, 1.165) is 31.7 Å². The SMILES string of the molecule is CCNC(C)c1ccc(-c2cccc3c2OCCC3)cc1. The Balaban J connectivity index is 1.91. The fraction of sp³-hybridized carbons (Fsp3) is 0.368. The first-order valence-corrected chi connectivity index (χ1v) is 7.88. The quantitative estimate of drug-likeness (QED) is 0.899. The third-order valence-corrected chi connectivity index (χ3v) is 4.17. The molecule has 2 heteroatoms. The predicted octanol–water partition coefficient (Wildman–Crippen LogP) is 4.35. The summed E-state index contributed by atoms with van der Waals surface area (Å²) in [5, 5.41) is 3.45. The molecule has 1 atom stereocenters. The molecule has 110 valence electrons. The number of nitrogens with one attached hydrogen (secondary N) is 1. The number of aryl methyl sites for hydroxylation is 1. The van der Waals surface area contributed by atoms with E-state index < -0.39 is 0 Å². The predicted molar refractivity (Wildman–Crippen MR) is 87.8 cm³/mol. The number of hydrogen-bond acceptors (Lipinski definition) is 2. The lowest BCUT2D eigenvalue weighted by Gasteiger charge is -2.21. The molecule has 0 radical (unpaired) electrons. The Hall–Kier alpha value is -1.80. The highest BCUT2D eigenvalue weighted by Gasteiger charge is 2.15. The third kappa shape index (κ3) is 2.96. The van der Waals surface area contributed by atoms with Crippen LogP contribution in [0.3, 0.4) is 0 Å². The average Bonchev–Trinajstić information content (AvgIpc) is 2.55. The second-order valence-electron chi connectivity index (χ2n) is 5.65.